The number of nitrogens with one attached hydrogen (secondary N) is 2. The molecule has 0 saturated carbocycles. The van der Waals surface area contributed by atoms with Crippen LogP contribution >= 0.6 is 12.2 Å². The van der Waals surface area contributed by atoms with E-state index >= 15 is 0 Å². The molecule has 1 saturated heterocycles. The molecule has 10 heteroatoms. The molecular formula is C9H16N2O7S. The number of hydrogen-bond acceptors (Lipinski definition) is 7. The van der Waals surface area contributed by atoms with Gasteiger partial charge in [-0.05, 0) is 12.2 Å². The van der Waals surface area contributed by atoms with Crippen molar-refractivity contribution in [2.45, 2.75) is 30.6 Å². The van der Waals surface area contributed by atoms with Crippen LogP contribution in [0.1, 0.15) is 0 Å². The molecule has 7 N–H and O–H groups in total. The molecule has 0 amide bonds. The van der Waals surface area contributed by atoms with Crippen LogP contribution in [-0.4, -0.2) is 80.4 Å². The monoisotopic (exact) mass is 296 g/mol. The van der Waals surface area contributed by atoms with E-state index in [0.29, 0.717) is 0 Å². The van der Waals surface area contributed by atoms with Crippen molar-refractivity contribution in [2.75, 3.05) is 13.2 Å². The van der Waals surface area contributed by atoms with Gasteiger partial charge in [-0.25, -0.2) is 0 Å². The second-order valence-electron chi connectivity index (χ2n) is 3.97. The Labute approximate surface area is 113 Å². The number of carboxylic acids is 1. The van der Waals surface area contributed by atoms with Crippen LogP contribution in [0.4, 0.5) is 0 Å². The summed E-state index contributed by atoms with van der Waals surface area (Å²) in [6.07, 6.45) is -6.70. The van der Waals surface area contributed by atoms with E-state index in [9.17, 15) is 20.1 Å². The van der Waals surface area contributed by atoms with Gasteiger partial charge in [0.15, 0.2) is 11.3 Å². The summed E-state index contributed by atoms with van der Waals surface area (Å²) >= 11 is 4.77. The lowest BCUT2D eigenvalue weighted by atomic mass is 9.98. The number of thiocarbonyl (C=S) groups is 1. The van der Waals surface area contributed by atoms with E-state index < -0.39 is 49.8 Å². The molecule has 0 unspecified atom stereocenters. The normalized spacial score (nSPS) is 34.6. The summed E-state index contributed by atoms with van der Waals surface area (Å²) in [7, 11) is 0. The minimum atomic E-state index is -1.52. The third-order valence-corrected chi connectivity index (χ3v) is 2.83. The second kappa shape index (κ2) is 6.93. The lowest BCUT2D eigenvalue weighted by molar-refractivity contribution is -0.232. The highest BCUT2D eigenvalue weighted by atomic mass is 32.1. The molecular weight excluding hydrogens is 280 g/mol. The molecule has 1 aliphatic rings. The molecule has 0 radical (unpaired) electrons. The first kappa shape index (κ1) is 16.0. The molecule has 0 spiro atoms. The van der Waals surface area contributed by atoms with E-state index in [1.807, 2.05) is 0 Å². The molecule has 0 aromatic heterocycles. The number of aliphatic hydroxyl groups excluding tert-OH is 4. The van der Waals surface area contributed by atoms with Gasteiger partial charge >= 0.3 is 5.97 Å². The summed E-state index contributed by atoms with van der Waals surface area (Å²) in [5.74, 6) is -1.13. The Morgan fingerprint density at radius 2 is 1.84 bits per heavy atom. The van der Waals surface area contributed by atoms with Crippen LogP contribution in [0.15, 0.2) is 0 Å². The standard InChI is InChI=1S/C9H16N2O7S/c12-2-3-5(15)6(16)7(17)8(18-3)11-9(19)10-1-4(13)14/h3,5-8,12,15-17H,1-2H2,(H,13,14)(H2,10,11,19)/t3-,5-,6+,7-,8-/m1/s1. The zero-order valence-corrected chi connectivity index (χ0v) is 10.6. The van der Waals surface area contributed by atoms with Gasteiger partial charge in [-0.1, -0.05) is 0 Å². The molecule has 1 fully saturated rings. The van der Waals surface area contributed by atoms with E-state index in [1.165, 1.54) is 0 Å². The van der Waals surface area contributed by atoms with E-state index in [2.05, 4.69) is 10.6 Å². The summed E-state index contributed by atoms with van der Waals surface area (Å²) in [6.45, 7) is -0.984. The van der Waals surface area contributed by atoms with Gasteiger partial charge in [0.2, 0.25) is 0 Å². The fourth-order valence-corrected chi connectivity index (χ4v) is 1.75. The number of carbonyl (C=O) groups is 1. The van der Waals surface area contributed by atoms with Crippen LogP contribution in [0.2, 0.25) is 0 Å². The van der Waals surface area contributed by atoms with Crippen molar-refractivity contribution in [3.63, 3.8) is 0 Å². The zero-order chi connectivity index (χ0) is 14.6. The van der Waals surface area contributed by atoms with Gasteiger partial charge in [0.25, 0.3) is 0 Å². The highest BCUT2D eigenvalue weighted by Gasteiger charge is 2.43. The second-order valence-corrected chi connectivity index (χ2v) is 4.38. The van der Waals surface area contributed by atoms with Gasteiger partial charge in [0.05, 0.1) is 6.61 Å². The number of rotatable bonds is 4. The van der Waals surface area contributed by atoms with Gasteiger partial charge in [-0.15, -0.1) is 0 Å². The Hall–Kier alpha value is -1.04. The van der Waals surface area contributed by atoms with E-state index in [-0.39, 0.29) is 5.11 Å². The maximum absolute atomic E-state index is 10.3. The highest BCUT2D eigenvalue weighted by molar-refractivity contribution is 7.80. The van der Waals surface area contributed by atoms with Gasteiger partial charge in [0, 0.05) is 0 Å². The molecule has 1 rings (SSSR count). The molecule has 0 bridgehead atoms. The zero-order valence-electron chi connectivity index (χ0n) is 9.76. The molecule has 19 heavy (non-hydrogen) atoms. The van der Waals surface area contributed by atoms with Crippen LogP contribution in [-0.2, 0) is 9.53 Å². The summed E-state index contributed by atoms with van der Waals surface area (Å²) < 4.78 is 5.11. The molecule has 9 nitrogen and oxygen atoms in total. The van der Waals surface area contributed by atoms with Gasteiger partial charge < -0.3 is 40.9 Å². The minimum Gasteiger partial charge on any atom is -0.480 e. The smallest absolute Gasteiger partial charge is 0.322 e. The largest absolute Gasteiger partial charge is 0.480 e. The minimum absolute atomic E-state index is 0.105. The molecule has 110 valence electrons. The Bertz CT molecular complexity index is 341. The van der Waals surface area contributed by atoms with Crippen LogP contribution in [0.5, 0.6) is 0 Å². The van der Waals surface area contributed by atoms with E-state index in [4.69, 9.17) is 27.2 Å². The van der Waals surface area contributed by atoms with Crippen LogP contribution < -0.4 is 10.6 Å². The topological polar surface area (TPSA) is 152 Å². The fraction of sp³-hybridized carbons (Fsp3) is 0.778. The van der Waals surface area contributed by atoms with Crippen LogP contribution in [0.3, 0.4) is 0 Å². The molecule has 5 atom stereocenters. The average molecular weight is 296 g/mol. The first-order chi connectivity index (χ1) is 8.86. The molecule has 0 aromatic rings. The van der Waals surface area contributed by atoms with Crippen molar-refractivity contribution in [3.05, 3.63) is 0 Å². The van der Waals surface area contributed by atoms with E-state index in [0.717, 1.165) is 0 Å². The summed E-state index contributed by atoms with van der Waals surface area (Å²) in [5, 5.41) is 50.8. The summed E-state index contributed by atoms with van der Waals surface area (Å²) in [6, 6.07) is 0. The number of aliphatic carboxylic acids is 1. The number of hydrogen-bond donors (Lipinski definition) is 7. The van der Waals surface area contributed by atoms with Crippen molar-refractivity contribution < 1.29 is 35.1 Å². The van der Waals surface area contributed by atoms with Crippen molar-refractivity contribution in [2.24, 2.45) is 0 Å². The first-order valence-electron chi connectivity index (χ1n) is 5.43. The van der Waals surface area contributed by atoms with Gasteiger partial charge in [-0.3, -0.25) is 4.79 Å². The summed E-state index contributed by atoms with van der Waals surface area (Å²) in [5.41, 5.74) is 0. The van der Waals surface area contributed by atoms with Gasteiger partial charge in [0.1, 0.15) is 31.0 Å². The fourth-order valence-electron chi connectivity index (χ4n) is 1.56. The predicted molar refractivity (Wildman–Crippen MR) is 65.1 cm³/mol. The maximum Gasteiger partial charge on any atom is 0.322 e. The van der Waals surface area contributed by atoms with Gasteiger partial charge in [-0.2, -0.15) is 0 Å². The first-order valence-corrected chi connectivity index (χ1v) is 5.84. The van der Waals surface area contributed by atoms with Crippen molar-refractivity contribution in [1.82, 2.24) is 10.6 Å². The third kappa shape index (κ3) is 4.23. The SMILES string of the molecule is O=C(O)CNC(=S)N[C@@H]1O[C@H](CO)[C@@H](O)[C@H](O)[C@H]1O. The quantitative estimate of drug-likeness (QED) is 0.258. The number of carboxylic acid groups (broad SMARTS) is 1. The lowest BCUT2D eigenvalue weighted by Crippen LogP contribution is -2.64. The van der Waals surface area contributed by atoms with E-state index in [1.54, 1.807) is 0 Å². The maximum atomic E-state index is 10.3. The summed E-state index contributed by atoms with van der Waals surface area (Å²) in [4.78, 5) is 10.3. The number of aliphatic hydroxyl groups is 4. The third-order valence-electron chi connectivity index (χ3n) is 2.57. The predicted octanol–water partition coefficient (Wildman–Crippen LogP) is -3.66. The Kier molecular flexibility index (Phi) is 5.85. The molecule has 0 aliphatic carbocycles. The van der Waals surface area contributed by atoms with Crippen molar-refractivity contribution in [1.29, 1.82) is 0 Å². The van der Waals surface area contributed by atoms with Crippen molar-refractivity contribution in [3.8, 4) is 0 Å². The molecule has 1 aliphatic heterocycles. The highest BCUT2D eigenvalue weighted by Crippen LogP contribution is 2.19. The Morgan fingerprint density at radius 1 is 1.21 bits per heavy atom. The number of ether oxygens (including phenoxy) is 1. The lowest BCUT2D eigenvalue weighted by Gasteiger charge is -2.40. The average Bonchev–Trinajstić information content (AvgIpc) is 2.37. The van der Waals surface area contributed by atoms with Crippen LogP contribution in [0, 0.1) is 0 Å². The van der Waals surface area contributed by atoms with Crippen LogP contribution in [0.25, 0.3) is 0 Å². The van der Waals surface area contributed by atoms with Crippen molar-refractivity contribution >= 4 is 23.3 Å². The Morgan fingerprint density at radius 3 is 2.37 bits per heavy atom. The molecule has 0 aromatic carbocycles. The molecule has 1 heterocycles. The Balaban J connectivity index is 2.56.